The standard InChI is InChI=1S/C19H30N8O/c1-24(2)10-15-7-16(28)11-27(15)19-8-18(20-13-21-19)26-6-4-5-14(9-26)17-12-25(3)23-22-17/h8,12-16,28H,4-7,9-11H2,1-3H3/t14?,15-,16-/m1/s1. The van der Waals surface area contributed by atoms with Gasteiger partial charge in [-0.1, -0.05) is 5.21 Å². The van der Waals surface area contributed by atoms with Crippen molar-refractivity contribution in [3.05, 3.63) is 24.3 Å². The SMILES string of the molecule is CN(C)C[C@H]1C[C@@H](O)CN1c1cc(N2CCCC(c3cn(C)nn3)C2)ncn1. The van der Waals surface area contributed by atoms with Crippen LogP contribution in [0.25, 0.3) is 0 Å². The van der Waals surface area contributed by atoms with Gasteiger partial charge in [-0.15, -0.1) is 5.10 Å². The van der Waals surface area contributed by atoms with Crippen LogP contribution in [0.1, 0.15) is 30.9 Å². The van der Waals surface area contributed by atoms with Gasteiger partial charge in [-0.05, 0) is 33.4 Å². The van der Waals surface area contributed by atoms with Crippen LogP contribution in [-0.2, 0) is 7.05 Å². The summed E-state index contributed by atoms with van der Waals surface area (Å²) in [5, 5.41) is 18.6. The van der Waals surface area contributed by atoms with Gasteiger partial charge in [0.05, 0.1) is 11.8 Å². The summed E-state index contributed by atoms with van der Waals surface area (Å²) in [5.74, 6) is 2.22. The lowest BCUT2D eigenvalue weighted by Gasteiger charge is -2.33. The van der Waals surface area contributed by atoms with Crippen LogP contribution in [0, 0.1) is 0 Å². The van der Waals surface area contributed by atoms with E-state index in [0.717, 1.165) is 56.2 Å². The van der Waals surface area contributed by atoms with Crippen LogP contribution in [0.4, 0.5) is 11.6 Å². The van der Waals surface area contributed by atoms with Gasteiger partial charge in [-0.25, -0.2) is 9.97 Å². The third-order valence-corrected chi connectivity index (χ3v) is 5.68. The van der Waals surface area contributed by atoms with Crippen LogP contribution < -0.4 is 9.80 Å². The molecule has 3 atom stereocenters. The first kappa shape index (κ1) is 19.1. The zero-order chi connectivity index (χ0) is 19.7. The van der Waals surface area contributed by atoms with Crippen molar-refractivity contribution in [1.82, 2.24) is 29.9 Å². The molecule has 28 heavy (non-hydrogen) atoms. The van der Waals surface area contributed by atoms with Crippen LogP contribution in [0.3, 0.4) is 0 Å². The lowest BCUT2D eigenvalue weighted by molar-refractivity contribution is 0.191. The predicted octanol–water partition coefficient (Wildman–Crippen LogP) is 0.490. The number of likely N-dealkylation sites (N-methyl/N-ethyl adjacent to an activating group) is 1. The summed E-state index contributed by atoms with van der Waals surface area (Å²) in [6, 6.07) is 2.33. The number of hydrogen-bond acceptors (Lipinski definition) is 8. The minimum absolute atomic E-state index is 0.265. The second-order valence-corrected chi connectivity index (χ2v) is 8.29. The second kappa shape index (κ2) is 8.00. The van der Waals surface area contributed by atoms with Crippen molar-refractivity contribution in [1.29, 1.82) is 0 Å². The van der Waals surface area contributed by atoms with Gasteiger partial charge in [-0.3, -0.25) is 4.68 Å². The largest absolute Gasteiger partial charge is 0.391 e. The maximum atomic E-state index is 10.2. The molecule has 0 saturated carbocycles. The molecule has 0 aromatic carbocycles. The summed E-state index contributed by atoms with van der Waals surface area (Å²) < 4.78 is 1.76. The molecule has 1 unspecified atom stereocenters. The molecule has 2 aliphatic rings. The molecular weight excluding hydrogens is 356 g/mol. The van der Waals surface area contributed by atoms with Crippen molar-refractivity contribution in [2.75, 3.05) is 50.1 Å². The van der Waals surface area contributed by atoms with E-state index in [0.29, 0.717) is 12.5 Å². The molecule has 9 nitrogen and oxygen atoms in total. The molecular formula is C19H30N8O. The Morgan fingerprint density at radius 3 is 2.79 bits per heavy atom. The molecule has 2 saturated heterocycles. The van der Waals surface area contributed by atoms with Gasteiger partial charge in [0.25, 0.3) is 0 Å². The zero-order valence-corrected chi connectivity index (χ0v) is 16.9. The Morgan fingerprint density at radius 1 is 1.21 bits per heavy atom. The van der Waals surface area contributed by atoms with Crippen LogP contribution in [0.2, 0.25) is 0 Å². The summed E-state index contributed by atoms with van der Waals surface area (Å²) in [7, 11) is 6.03. The first-order chi connectivity index (χ1) is 13.5. The van der Waals surface area contributed by atoms with Gasteiger partial charge >= 0.3 is 0 Å². The summed E-state index contributed by atoms with van der Waals surface area (Å²) in [6.07, 6.45) is 6.35. The quantitative estimate of drug-likeness (QED) is 0.795. The van der Waals surface area contributed by atoms with Crippen LogP contribution in [0.5, 0.6) is 0 Å². The molecule has 2 aromatic heterocycles. The Labute approximate surface area is 166 Å². The minimum atomic E-state index is -0.306. The first-order valence-corrected chi connectivity index (χ1v) is 10.0. The highest BCUT2D eigenvalue weighted by Gasteiger charge is 2.33. The van der Waals surface area contributed by atoms with Crippen LogP contribution >= 0.6 is 0 Å². The number of β-amino-alcohol motifs (C(OH)–C–C–N with tert-alkyl or cyclic N) is 1. The van der Waals surface area contributed by atoms with Crippen molar-refractivity contribution < 1.29 is 5.11 Å². The van der Waals surface area contributed by atoms with Crippen molar-refractivity contribution in [2.45, 2.75) is 37.3 Å². The van der Waals surface area contributed by atoms with Crippen molar-refractivity contribution in [2.24, 2.45) is 7.05 Å². The summed E-state index contributed by atoms with van der Waals surface area (Å²) in [4.78, 5) is 15.8. The highest BCUT2D eigenvalue weighted by molar-refractivity contribution is 5.52. The maximum Gasteiger partial charge on any atom is 0.134 e. The number of aromatic nitrogens is 5. The van der Waals surface area contributed by atoms with Gasteiger partial charge in [0, 0.05) is 57.4 Å². The van der Waals surface area contributed by atoms with E-state index in [2.05, 4.69) is 55.1 Å². The van der Waals surface area contributed by atoms with Gasteiger partial charge in [0.1, 0.15) is 18.0 Å². The number of anilines is 2. The summed E-state index contributed by atoms with van der Waals surface area (Å²) >= 11 is 0. The average Bonchev–Trinajstić information content (AvgIpc) is 3.27. The fourth-order valence-corrected chi connectivity index (χ4v) is 4.41. The van der Waals surface area contributed by atoms with Gasteiger partial charge < -0.3 is 19.8 Å². The Bertz CT molecular complexity index is 794. The average molecular weight is 387 g/mol. The van der Waals surface area contributed by atoms with E-state index < -0.39 is 0 Å². The third kappa shape index (κ3) is 4.10. The Morgan fingerprint density at radius 2 is 2.04 bits per heavy atom. The lowest BCUT2D eigenvalue weighted by atomic mass is 9.95. The molecule has 0 bridgehead atoms. The van der Waals surface area contributed by atoms with Crippen molar-refractivity contribution in [3.8, 4) is 0 Å². The number of rotatable bonds is 5. The van der Waals surface area contributed by atoms with E-state index in [1.165, 1.54) is 0 Å². The molecule has 9 heteroatoms. The molecule has 1 N–H and O–H groups in total. The second-order valence-electron chi connectivity index (χ2n) is 8.29. The summed E-state index contributed by atoms with van der Waals surface area (Å²) in [5.41, 5.74) is 1.05. The normalized spacial score (nSPS) is 25.7. The number of aliphatic hydroxyl groups is 1. The maximum absolute atomic E-state index is 10.2. The van der Waals surface area contributed by atoms with Gasteiger partial charge in [0.2, 0.25) is 0 Å². The van der Waals surface area contributed by atoms with E-state index in [1.54, 1.807) is 11.0 Å². The third-order valence-electron chi connectivity index (χ3n) is 5.68. The fourth-order valence-electron chi connectivity index (χ4n) is 4.41. The van der Waals surface area contributed by atoms with Crippen LogP contribution in [0.15, 0.2) is 18.6 Å². The Kier molecular flexibility index (Phi) is 5.45. The number of nitrogens with zero attached hydrogens (tertiary/aromatic N) is 8. The molecule has 2 aliphatic heterocycles. The molecule has 2 aromatic rings. The molecule has 4 rings (SSSR count). The molecule has 0 spiro atoms. The van der Waals surface area contributed by atoms with Gasteiger partial charge in [0.15, 0.2) is 0 Å². The zero-order valence-electron chi connectivity index (χ0n) is 16.9. The van der Waals surface area contributed by atoms with E-state index in [1.807, 2.05) is 13.2 Å². The molecule has 0 radical (unpaired) electrons. The number of aryl methyl sites for hydroxylation is 1. The predicted molar refractivity (Wildman–Crippen MR) is 108 cm³/mol. The summed E-state index contributed by atoms with van der Waals surface area (Å²) in [6.45, 7) is 3.39. The van der Waals surface area contributed by atoms with E-state index in [9.17, 15) is 5.11 Å². The number of aliphatic hydroxyl groups excluding tert-OH is 1. The highest BCUT2D eigenvalue weighted by atomic mass is 16.3. The number of hydrogen-bond donors (Lipinski definition) is 1. The molecule has 4 heterocycles. The Balaban J connectivity index is 1.51. The van der Waals surface area contributed by atoms with E-state index in [4.69, 9.17) is 0 Å². The topological polar surface area (TPSA) is 86.4 Å². The minimum Gasteiger partial charge on any atom is -0.391 e. The monoisotopic (exact) mass is 386 g/mol. The van der Waals surface area contributed by atoms with Crippen LogP contribution in [-0.4, -0.2) is 87.4 Å². The fraction of sp³-hybridized carbons (Fsp3) is 0.684. The van der Waals surface area contributed by atoms with E-state index >= 15 is 0 Å². The molecule has 0 amide bonds. The van der Waals surface area contributed by atoms with Crippen molar-refractivity contribution >= 4 is 11.6 Å². The smallest absolute Gasteiger partial charge is 0.134 e. The lowest BCUT2D eigenvalue weighted by Crippen LogP contribution is -2.38. The van der Waals surface area contributed by atoms with Crippen molar-refractivity contribution in [3.63, 3.8) is 0 Å². The first-order valence-electron chi connectivity index (χ1n) is 10.0. The molecule has 2 fully saturated rings. The number of piperidine rings is 1. The van der Waals surface area contributed by atoms with Gasteiger partial charge in [-0.2, -0.15) is 0 Å². The molecule has 152 valence electrons. The van der Waals surface area contributed by atoms with E-state index in [-0.39, 0.29) is 12.1 Å². The highest BCUT2D eigenvalue weighted by Crippen LogP contribution is 2.30. The molecule has 0 aliphatic carbocycles. The Hall–Kier alpha value is -2.26.